The smallest absolute Gasteiger partial charge is 0.415 e. The first-order chi connectivity index (χ1) is 17.4. The molecule has 0 N–H and O–H groups in total. The van der Waals surface area contributed by atoms with Gasteiger partial charge in [0.2, 0.25) is 5.88 Å². The minimum Gasteiger partial charge on any atom is -0.488 e. The van der Waals surface area contributed by atoms with E-state index in [4.69, 9.17) is 14.2 Å². The standard InChI is InChI=1S/C24H24FN5O6.H2S/c1-2-29-20(32)11-26-17-7-6-16(25)22(21(17)29)34-8-4-3-5-15-12-30(24(33)36-15)19-10-27-23-18(28-19)9-14(31)13-35-23;/h6-7,10-11,15H,2-5,8-9,12-13H2,1H3;1H2/t15-;/m0./s1. The fraction of sp³-hybridized carbons (Fsp3) is 0.417. The van der Waals surface area contributed by atoms with Crippen molar-refractivity contribution in [3.05, 3.63) is 46.4 Å². The van der Waals surface area contributed by atoms with E-state index < -0.39 is 11.9 Å². The molecule has 0 aliphatic carbocycles. The SMILES string of the molecule is CCn1c(=O)cnc2ccc(F)c(OCCCC[C@H]3CN(c4cnc5c(n4)CC(=O)CO5)C(=O)O3)c21.S. The van der Waals surface area contributed by atoms with Gasteiger partial charge >= 0.3 is 6.09 Å². The molecular weight excluding hydrogens is 505 g/mol. The molecule has 1 atom stereocenters. The number of unbranched alkanes of at least 4 members (excludes halogenated alkanes) is 1. The third-order valence-electron chi connectivity index (χ3n) is 6.07. The zero-order valence-corrected chi connectivity index (χ0v) is 21.1. The van der Waals surface area contributed by atoms with Crippen molar-refractivity contribution in [1.82, 2.24) is 19.5 Å². The van der Waals surface area contributed by atoms with Gasteiger partial charge in [-0.05, 0) is 38.3 Å². The van der Waals surface area contributed by atoms with Crippen LogP contribution in [0.2, 0.25) is 0 Å². The number of aryl methyl sites for hydroxylation is 1. The molecule has 3 aromatic rings. The molecule has 0 spiro atoms. The predicted octanol–water partition coefficient (Wildman–Crippen LogP) is 2.54. The Morgan fingerprint density at radius 3 is 2.81 bits per heavy atom. The Balaban J connectivity index is 0.00000320. The molecule has 0 bridgehead atoms. The number of nitrogens with zero attached hydrogens (tertiary/aromatic N) is 5. The number of benzene rings is 1. The van der Waals surface area contributed by atoms with E-state index in [9.17, 15) is 18.8 Å². The van der Waals surface area contributed by atoms with Crippen LogP contribution in [0.5, 0.6) is 11.6 Å². The fourth-order valence-electron chi connectivity index (χ4n) is 4.32. The van der Waals surface area contributed by atoms with Crippen molar-refractivity contribution >= 4 is 42.2 Å². The van der Waals surface area contributed by atoms with E-state index in [1.54, 1.807) is 6.92 Å². The molecule has 5 rings (SSSR count). The lowest BCUT2D eigenvalue weighted by molar-refractivity contribution is -0.121. The topological polar surface area (TPSA) is 126 Å². The minimum absolute atomic E-state index is 0. The Labute approximate surface area is 218 Å². The molecule has 2 aliphatic rings. The van der Waals surface area contributed by atoms with Gasteiger partial charge in [0.1, 0.15) is 23.9 Å². The number of Topliss-reactive ketones (excluding diaryl/α,β-unsaturated/α-hetero) is 1. The highest BCUT2D eigenvalue weighted by Gasteiger charge is 2.34. The van der Waals surface area contributed by atoms with Crippen LogP contribution in [0.15, 0.2) is 29.3 Å². The van der Waals surface area contributed by atoms with Gasteiger partial charge in [0.25, 0.3) is 5.56 Å². The number of halogens is 1. The molecule has 2 aromatic heterocycles. The van der Waals surface area contributed by atoms with Gasteiger partial charge in [-0.3, -0.25) is 14.5 Å². The van der Waals surface area contributed by atoms with Gasteiger partial charge < -0.3 is 18.8 Å². The average molecular weight is 532 g/mol. The van der Waals surface area contributed by atoms with E-state index >= 15 is 0 Å². The van der Waals surface area contributed by atoms with E-state index in [-0.39, 0.29) is 56.3 Å². The van der Waals surface area contributed by atoms with Crippen LogP contribution in [-0.4, -0.2) is 57.3 Å². The van der Waals surface area contributed by atoms with Gasteiger partial charge in [-0.2, -0.15) is 13.5 Å². The fourth-order valence-corrected chi connectivity index (χ4v) is 4.32. The molecule has 1 amide bonds. The Bertz CT molecular complexity index is 1400. The number of anilines is 1. The van der Waals surface area contributed by atoms with Crippen molar-refractivity contribution in [3.63, 3.8) is 0 Å². The Hall–Kier alpha value is -3.74. The third kappa shape index (κ3) is 5.36. The van der Waals surface area contributed by atoms with Crippen molar-refractivity contribution in [2.45, 2.75) is 45.3 Å². The number of ketones is 1. The molecule has 4 heterocycles. The molecule has 11 nitrogen and oxygen atoms in total. The maximum atomic E-state index is 14.5. The van der Waals surface area contributed by atoms with Crippen LogP contribution in [0.3, 0.4) is 0 Å². The molecule has 196 valence electrons. The summed E-state index contributed by atoms with van der Waals surface area (Å²) in [6, 6.07) is 2.79. The maximum Gasteiger partial charge on any atom is 0.415 e. The van der Waals surface area contributed by atoms with E-state index in [1.807, 2.05) is 0 Å². The number of cyclic esters (lactones) is 1. The lowest BCUT2D eigenvalue weighted by Gasteiger charge is -2.17. The van der Waals surface area contributed by atoms with Crippen LogP contribution in [0, 0.1) is 5.82 Å². The Kier molecular flexibility index (Phi) is 7.91. The van der Waals surface area contributed by atoms with E-state index in [2.05, 4.69) is 15.0 Å². The Morgan fingerprint density at radius 1 is 1.16 bits per heavy atom. The second-order valence-electron chi connectivity index (χ2n) is 8.53. The minimum atomic E-state index is -0.560. The van der Waals surface area contributed by atoms with Crippen LogP contribution in [0.25, 0.3) is 11.0 Å². The number of hydrogen-bond donors (Lipinski definition) is 0. The first kappa shape index (κ1) is 26.3. The summed E-state index contributed by atoms with van der Waals surface area (Å²) in [6.07, 6.45) is 3.69. The normalized spacial score (nSPS) is 16.7. The second kappa shape index (κ2) is 11.1. The van der Waals surface area contributed by atoms with E-state index in [0.717, 1.165) is 0 Å². The summed E-state index contributed by atoms with van der Waals surface area (Å²) < 4.78 is 32.4. The van der Waals surface area contributed by atoms with Crippen LogP contribution >= 0.6 is 13.5 Å². The molecule has 1 fully saturated rings. The molecule has 13 heteroatoms. The quantitative estimate of drug-likeness (QED) is 0.403. The highest BCUT2D eigenvalue weighted by atomic mass is 32.1. The second-order valence-corrected chi connectivity index (χ2v) is 8.53. The van der Waals surface area contributed by atoms with Gasteiger partial charge in [-0.1, -0.05) is 0 Å². The van der Waals surface area contributed by atoms with Gasteiger partial charge in [0.05, 0.1) is 37.5 Å². The molecule has 0 radical (unpaired) electrons. The summed E-state index contributed by atoms with van der Waals surface area (Å²) in [7, 11) is 0. The predicted molar refractivity (Wildman–Crippen MR) is 135 cm³/mol. The lowest BCUT2D eigenvalue weighted by Crippen LogP contribution is -2.28. The number of ether oxygens (including phenoxy) is 3. The molecule has 2 aliphatic heterocycles. The molecular formula is C24H26FN5O6S. The van der Waals surface area contributed by atoms with Gasteiger partial charge in [0, 0.05) is 6.54 Å². The summed E-state index contributed by atoms with van der Waals surface area (Å²) in [5.74, 6) is -0.0421. The molecule has 1 saturated heterocycles. The van der Waals surface area contributed by atoms with Gasteiger partial charge in [-0.15, -0.1) is 0 Å². The summed E-state index contributed by atoms with van der Waals surface area (Å²) >= 11 is 0. The zero-order valence-electron chi connectivity index (χ0n) is 20.1. The van der Waals surface area contributed by atoms with Crippen LogP contribution < -0.4 is 19.9 Å². The van der Waals surface area contributed by atoms with Crippen molar-refractivity contribution in [3.8, 4) is 11.6 Å². The number of carbonyl (C=O) groups is 2. The van der Waals surface area contributed by atoms with Crippen molar-refractivity contribution < 1.29 is 28.2 Å². The van der Waals surface area contributed by atoms with Crippen LogP contribution in [0.4, 0.5) is 15.0 Å². The summed E-state index contributed by atoms with van der Waals surface area (Å²) in [4.78, 5) is 50.1. The van der Waals surface area contributed by atoms with Crippen molar-refractivity contribution in [2.24, 2.45) is 0 Å². The Morgan fingerprint density at radius 2 is 2.00 bits per heavy atom. The first-order valence-corrected chi connectivity index (χ1v) is 11.7. The van der Waals surface area contributed by atoms with Crippen LogP contribution in [-0.2, 0) is 22.5 Å². The third-order valence-corrected chi connectivity index (χ3v) is 6.07. The average Bonchev–Trinajstić information content (AvgIpc) is 3.24. The summed E-state index contributed by atoms with van der Waals surface area (Å²) in [5, 5.41) is 0. The number of amides is 1. The molecule has 0 unspecified atom stereocenters. The van der Waals surface area contributed by atoms with Crippen molar-refractivity contribution in [1.29, 1.82) is 0 Å². The molecule has 0 saturated carbocycles. The monoisotopic (exact) mass is 531 g/mol. The van der Waals surface area contributed by atoms with Gasteiger partial charge in [0.15, 0.2) is 23.2 Å². The number of carbonyl (C=O) groups excluding carboxylic acids is 2. The largest absolute Gasteiger partial charge is 0.488 e. The lowest BCUT2D eigenvalue weighted by atomic mass is 10.1. The van der Waals surface area contributed by atoms with Gasteiger partial charge in [-0.25, -0.2) is 24.1 Å². The summed E-state index contributed by atoms with van der Waals surface area (Å²) in [5.41, 5.74) is 0.896. The number of hydrogen-bond acceptors (Lipinski definition) is 9. The highest BCUT2D eigenvalue weighted by molar-refractivity contribution is 7.59. The summed E-state index contributed by atoms with van der Waals surface area (Å²) in [6.45, 7) is 2.65. The van der Waals surface area contributed by atoms with Crippen LogP contribution in [0.1, 0.15) is 31.9 Å². The highest BCUT2D eigenvalue weighted by Crippen LogP contribution is 2.28. The van der Waals surface area contributed by atoms with E-state index in [0.29, 0.717) is 60.8 Å². The number of rotatable bonds is 8. The van der Waals surface area contributed by atoms with E-state index in [1.165, 1.54) is 34.0 Å². The first-order valence-electron chi connectivity index (χ1n) is 11.7. The maximum absolute atomic E-state index is 14.5. The van der Waals surface area contributed by atoms with Crippen molar-refractivity contribution in [2.75, 3.05) is 24.7 Å². The number of aromatic nitrogens is 4. The zero-order chi connectivity index (χ0) is 25.2. The molecule has 37 heavy (non-hydrogen) atoms. The molecule has 1 aromatic carbocycles. The number of fused-ring (bicyclic) bond motifs is 2.